The van der Waals surface area contributed by atoms with Crippen molar-refractivity contribution >= 4 is 5.97 Å². The van der Waals surface area contributed by atoms with Crippen LogP contribution >= 0.6 is 0 Å². The lowest BCUT2D eigenvalue weighted by Gasteiger charge is -2.38. The predicted octanol–water partition coefficient (Wildman–Crippen LogP) is 2.86. The Labute approximate surface area is 196 Å². The number of aliphatic hydroxyl groups is 4. The van der Waals surface area contributed by atoms with E-state index in [1.54, 1.807) is 13.0 Å². The lowest BCUT2D eigenvalue weighted by Crippen LogP contribution is -2.59. The molecule has 0 amide bonds. The monoisotopic (exact) mass is 462 g/mol. The molecule has 184 valence electrons. The van der Waals surface area contributed by atoms with Crippen LogP contribution in [0.15, 0.2) is 58.7 Å². The Bertz CT molecular complexity index is 845. The molecule has 0 aromatic heterocycles. The van der Waals surface area contributed by atoms with Gasteiger partial charge in [-0.2, -0.15) is 0 Å². The molecular weight excluding hydrogens is 424 g/mol. The van der Waals surface area contributed by atoms with Crippen LogP contribution in [0, 0.1) is 5.41 Å². The Morgan fingerprint density at radius 2 is 1.82 bits per heavy atom. The van der Waals surface area contributed by atoms with E-state index in [4.69, 9.17) is 9.47 Å². The van der Waals surface area contributed by atoms with E-state index in [-0.39, 0.29) is 5.41 Å². The Balaban J connectivity index is 1.96. The summed E-state index contributed by atoms with van der Waals surface area (Å²) >= 11 is 0. The van der Waals surface area contributed by atoms with E-state index in [0.717, 1.165) is 12.0 Å². The topological polar surface area (TPSA) is 116 Å². The highest BCUT2D eigenvalue weighted by molar-refractivity contribution is 5.83. The van der Waals surface area contributed by atoms with Crippen molar-refractivity contribution in [2.45, 2.75) is 84.6 Å². The van der Waals surface area contributed by atoms with Crippen molar-refractivity contribution in [2.24, 2.45) is 5.41 Å². The quantitative estimate of drug-likeness (QED) is 0.261. The average molecular weight is 463 g/mol. The van der Waals surface area contributed by atoms with Crippen LogP contribution in [-0.4, -0.2) is 63.7 Å². The molecule has 5 atom stereocenters. The van der Waals surface area contributed by atoms with Gasteiger partial charge in [0.15, 0.2) is 0 Å². The number of allylic oxidation sites excluding steroid dienone is 9. The van der Waals surface area contributed by atoms with Gasteiger partial charge in [0.05, 0.1) is 6.61 Å². The molecule has 1 aliphatic heterocycles. The van der Waals surface area contributed by atoms with Crippen molar-refractivity contribution < 1.29 is 34.7 Å². The van der Waals surface area contributed by atoms with E-state index in [1.807, 2.05) is 19.1 Å². The zero-order valence-corrected chi connectivity index (χ0v) is 20.2. The number of rotatable bonds is 7. The maximum absolute atomic E-state index is 12.2. The smallest absolute Gasteiger partial charge is 0.333 e. The van der Waals surface area contributed by atoms with Crippen molar-refractivity contribution in [2.75, 3.05) is 6.61 Å². The van der Waals surface area contributed by atoms with Gasteiger partial charge in [0.1, 0.15) is 24.4 Å². The summed E-state index contributed by atoms with van der Waals surface area (Å²) in [6.07, 6.45) is 7.29. The number of hydrogen-bond donors (Lipinski definition) is 4. The molecule has 1 unspecified atom stereocenters. The van der Waals surface area contributed by atoms with Crippen LogP contribution < -0.4 is 0 Å². The minimum absolute atomic E-state index is 0.190. The van der Waals surface area contributed by atoms with Gasteiger partial charge in [0, 0.05) is 6.08 Å². The highest BCUT2D eigenvalue weighted by Crippen LogP contribution is 2.40. The molecule has 7 heteroatoms. The molecular formula is C26H38O7. The van der Waals surface area contributed by atoms with Gasteiger partial charge in [-0.1, -0.05) is 55.4 Å². The van der Waals surface area contributed by atoms with Crippen molar-refractivity contribution in [3.63, 3.8) is 0 Å². The van der Waals surface area contributed by atoms with E-state index in [0.29, 0.717) is 5.57 Å². The molecule has 0 saturated carbocycles. The lowest BCUT2D eigenvalue weighted by atomic mass is 9.72. The minimum atomic E-state index is -1.62. The van der Waals surface area contributed by atoms with Crippen molar-refractivity contribution in [3.8, 4) is 0 Å². The fourth-order valence-corrected chi connectivity index (χ4v) is 4.18. The van der Waals surface area contributed by atoms with E-state index in [1.165, 1.54) is 30.1 Å². The van der Waals surface area contributed by atoms with Crippen LogP contribution in [0.2, 0.25) is 0 Å². The van der Waals surface area contributed by atoms with E-state index >= 15 is 0 Å². The van der Waals surface area contributed by atoms with Crippen LogP contribution in [0.3, 0.4) is 0 Å². The van der Waals surface area contributed by atoms with E-state index < -0.39 is 43.3 Å². The van der Waals surface area contributed by atoms with Crippen LogP contribution in [-0.2, 0) is 14.3 Å². The average Bonchev–Trinajstić information content (AvgIpc) is 2.73. The fraction of sp³-hybridized carbons (Fsp3) is 0.577. The normalized spacial score (nSPS) is 31.5. The number of carbonyl (C=O) groups excluding carboxylic acids is 1. The summed E-state index contributed by atoms with van der Waals surface area (Å²) in [6.45, 7) is 9.92. The summed E-state index contributed by atoms with van der Waals surface area (Å²) < 4.78 is 10.2. The Kier molecular flexibility index (Phi) is 9.82. The Hall–Kier alpha value is -2.03. The minimum Gasteiger partial charge on any atom is -0.430 e. The zero-order valence-electron chi connectivity index (χ0n) is 20.2. The molecule has 0 bridgehead atoms. The van der Waals surface area contributed by atoms with Gasteiger partial charge in [0.25, 0.3) is 0 Å². The Morgan fingerprint density at radius 1 is 1.12 bits per heavy atom. The molecule has 7 nitrogen and oxygen atoms in total. The molecule has 1 aliphatic carbocycles. The third-order valence-corrected chi connectivity index (χ3v) is 6.20. The number of carbonyl (C=O) groups is 1. The van der Waals surface area contributed by atoms with E-state index in [9.17, 15) is 25.2 Å². The van der Waals surface area contributed by atoms with Gasteiger partial charge < -0.3 is 29.9 Å². The zero-order chi connectivity index (χ0) is 24.8. The molecule has 1 saturated heterocycles. The van der Waals surface area contributed by atoms with Gasteiger partial charge in [-0.15, -0.1) is 0 Å². The summed E-state index contributed by atoms with van der Waals surface area (Å²) in [5, 5.41) is 38.7. The molecule has 4 N–H and O–H groups in total. The second kappa shape index (κ2) is 11.9. The first kappa shape index (κ1) is 27.2. The molecule has 2 aliphatic rings. The highest BCUT2D eigenvalue weighted by atomic mass is 16.7. The van der Waals surface area contributed by atoms with Crippen molar-refractivity contribution in [3.05, 3.63) is 58.7 Å². The summed E-state index contributed by atoms with van der Waals surface area (Å²) in [4.78, 5) is 12.2. The van der Waals surface area contributed by atoms with Gasteiger partial charge in [-0.3, -0.25) is 0 Å². The predicted molar refractivity (Wildman–Crippen MR) is 126 cm³/mol. The molecule has 0 radical (unpaired) electrons. The summed E-state index contributed by atoms with van der Waals surface area (Å²) in [5.74, 6) is -0.774. The second-order valence-electron chi connectivity index (χ2n) is 9.56. The first-order valence-corrected chi connectivity index (χ1v) is 11.4. The maximum Gasteiger partial charge on any atom is 0.333 e. The summed E-state index contributed by atoms with van der Waals surface area (Å²) in [6, 6.07) is 0. The third kappa shape index (κ3) is 7.48. The second-order valence-corrected chi connectivity index (χ2v) is 9.56. The number of hydrogen-bond acceptors (Lipinski definition) is 7. The summed E-state index contributed by atoms with van der Waals surface area (Å²) in [5.41, 5.74) is 4.73. The molecule has 1 fully saturated rings. The third-order valence-electron chi connectivity index (χ3n) is 6.20. The van der Waals surface area contributed by atoms with E-state index in [2.05, 4.69) is 32.9 Å². The number of esters is 1. The van der Waals surface area contributed by atoms with Gasteiger partial charge >= 0.3 is 5.97 Å². The molecule has 1 heterocycles. The molecule has 0 spiro atoms. The number of aliphatic hydroxyl groups excluding tert-OH is 4. The van der Waals surface area contributed by atoms with Gasteiger partial charge in [-0.05, 0) is 56.6 Å². The van der Waals surface area contributed by atoms with Crippen LogP contribution in [0.1, 0.15) is 53.9 Å². The molecule has 2 rings (SSSR count). The molecule has 0 aromatic rings. The first-order valence-electron chi connectivity index (χ1n) is 11.4. The molecule has 33 heavy (non-hydrogen) atoms. The maximum atomic E-state index is 12.2. The highest BCUT2D eigenvalue weighted by Gasteiger charge is 2.45. The van der Waals surface area contributed by atoms with Crippen LogP contribution in [0.5, 0.6) is 0 Å². The largest absolute Gasteiger partial charge is 0.430 e. The fourth-order valence-electron chi connectivity index (χ4n) is 4.18. The van der Waals surface area contributed by atoms with Crippen LogP contribution in [0.25, 0.3) is 0 Å². The summed E-state index contributed by atoms with van der Waals surface area (Å²) in [7, 11) is 0. The van der Waals surface area contributed by atoms with Gasteiger partial charge in [0.2, 0.25) is 6.29 Å². The lowest BCUT2D eigenvalue weighted by molar-refractivity contribution is -0.291. The number of ether oxygens (including phenoxy) is 2. The standard InChI is InChI=1S/C26H38O7/c1-16(11-12-19-18(3)10-7-13-26(19,4)5)8-6-9-17(2)14-21(28)33-25-24(31)23(30)22(29)20(15-27)32-25/h6,8-9,11-12,14,20,22-25,27,29-31H,7,10,13,15H2,1-5H3/b9-6+,12-11+,16-8-,17-14-/t20-,22-,23+,24-,25?/m1/s1. The van der Waals surface area contributed by atoms with Gasteiger partial charge in [-0.25, -0.2) is 4.79 Å². The SMILES string of the molecule is CC1=C(/C=C/C(C)=C\C=C\C(C)=C/C(=O)OC2O[C@H](CO)[C@@H](O)[C@H](O)[C@H]2O)C(C)(C)CCC1. The van der Waals surface area contributed by atoms with Crippen molar-refractivity contribution in [1.29, 1.82) is 0 Å². The Morgan fingerprint density at radius 3 is 2.45 bits per heavy atom. The van der Waals surface area contributed by atoms with Crippen LogP contribution in [0.4, 0.5) is 0 Å². The first-order chi connectivity index (χ1) is 15.5. The molecule has 0 aromatic carbocycles. The van der Waals surface area contributed by atoms with Crippen molar-refractivity contribution in [1.82, 2.24) is 0 Å².